The number of hydrogen-bond donors (Lipinski definition) is 1. The fraction of sp³-hybridized carbons (Fsp3) is 0.143. The number of ether oxygens (including phenoxy) is 1. The molecule has 1 unspecified atom stereocenters. The molecule has 4 nitrogen and oxygen atoms in total. The normalized spacial score (nSPS) is 13.1. The van der Waals surface area contributed by atoms with Gasteiger partial charge >= 0.3 is 15.4 Å². The van der Waals surface area contributed by atoms with Gasteiger partial charge in [0.05, 0.1) is 10.9 Å². The van der Waals surface area contributed by atoms with Gasteiger partial charge in [-0.15, -0.1) is 0 Å². The molecule has 152 valence electrons. The number of aryl methyl sites for hydroxylation is 1. The quantitative estimate of drug-likeness (QED) is 0.420. The van der Waals surface area contributed by atoms with Gasteiger partial charge in [-0.2, -0.15) is 17.2 Å². The van der Waals surface area contributed by atoms with Crippen molar-refractivity contribution in [2.75, 3.05) is 6.61 Å². The van der Waals surface area contributed by atoms with Gasteiger partial charge in [-0.05, 0) is 55.5 Å². The number of alkyl halides is 2. The summed E-state index contributed by atoms with van der Waals surface area (Å²) < 4.78 is 61.5. The molecule has 0 bridgehead atoms. The number of halogens is 2. The molecule has 0 amide bonds. The predicted molar refractivity (Wildman–Crippen MR) is 108 cm³/mol. The Kier molecular flexibility index (Phi) is 6.26. The second-order valence-electron chi connectivity index (χ2n) is 6.30. The van der Waals surface area contributed by atoms with Crippen molar-refractivity contribution >= 4 is 21.0 Å². The SMILES string of the molecule is Cc1ccc([S+](c2ccccc2)c2ccc(OCC(F)(F)S(=O)(=O)O)cc2)cc1. The molecule has 0 spiro atoms. The number of hydrogen-bond acceptors (Lipinski definition) is 3. The molecule has 3 aromatic rings. The van der Waals surface area contributed by atoms with Crippen molar-refractivity contribution in [1.82, 2.24) is 0 Å². The van der Waals surface area contributed by atoms with Gasteiger partial charge in [0.25, 0.3) is 0 Å². The second kappa shape index (κ2) is 8.52. The zero-order chi connectivity index (χ0) is 21.1. The molecule has 0 saturated carbocycles. The molecule has 8 heteroatoms. The lowest BCUT2D eigenvalue weighted by atomic mass is 10.2. The molecule has 1 N–H and O–H groups in total. The summed E-state index contributed by atoms with van der Waals surface area (Å²) in [5.41, 5.74) is 1.15. The van der Waals surface area contributed by atoms with Gasteiger partial charge in [0.1, 0.15) is 5.75 Å². The zero-order valence-corrected chi connectivity index (χ0v) is 17.1. The van der Waals surface area contributed by atoms with Crippen molar-refractivity contribution in [3.8, 4) is 5.75 Å². The van der Waals surface area contributed by atoms with E-state index < -0.39 is 32.9 Å². The molecular formula is C21H19F2O4S2+. The van der Waals surface area contributed by atoms with Gasteiger partial charge in [-0.3, -0.25) is 4.55 Å². The highest BCUT2D eigenvalue weighted by atomic mass is 32.2. The van der Waals surface area contributed by atoms with Crippen LogP contribution in [0.1, 0.15) is 5.56 Å². The van der Waals surface area contributed by atoms with Crippen molar-refractivity contribution in [2.45, 2.75) is 26.9 Å². The fourth-order valence-electron chi connectivity index (χ4n) is 2.55. The van der Waals surface area contributed by atoms with Crippen molar-refractivity contribution in [1.29, 1.82) is 0 Å². The van der Waals surface area contributed by atoms with Gasteiger partial charge in [0.15, 0.2) is 21.3 Å². The predicted octanol–water partition coefficient (Wildman–Crippen LogP) is 4.95. The molecule has 0 aliphatic carbocycles. The molecule has 0 heterocycles. The summed E-state index contributed by atoms with van der Waals surface area (Å²) in [6, 6.07) is 24.6. The summed E-state index contributed by atoms with van der Waals surface area (Å²) in [4.78, 5) is 3.16. The van der Waals surface area contributed by atoms with Crippen LogP contribution in [0.5, 0.6) is 5.75 Å². The summed E-state index contributed by atoms with van der Waals surface area (Å²) >= 11 is 0. The highest BCUT2D eigenvalue weighted by Gasteiger charge is 2.45. The van der Waals surface area contributed by atoms with Crippen LogP contribution in [0.4, 0.5) is 8.78 Å². The molecule has 0 aromatic heterocycles. The monoisotopic (exact) mass is 437 g/mol. The van der Waals surface area contributed by atoms with E-state index in [1.165, 1.54) is 12.1 Å². The van der Waals surface area contributed by atoms with E-state index in [0.717, 1.165) is 20.2 Å². The average Bonchev–Trinajstić information content (AvgIpc) is 2.69. The molecule has 0 aliphatic heterocycles. The molecule has 1 atom stereocenters. The Morgan fingerprint density at radius 2 is 1.34 bits per heavy atom. The first-order valence-corrected chi connectivity index (χ1v) is 11.3. The van der Waals surface area contributed by atoms with E-state index in [-0.39, 0.29) is 5.75 Å². The summed E-state index contributed by atoms with van der Waals surface area (Å²) in [5.74, 6) is 0.0811. The van der Waals surface area contributed by atoms with E-state index in [2.05, 4.69) is 12.1 Å². The van der Waals surface area contributed by atoms with Crippen molar-refractivity contribution in [3.05, 3.63) is 84.4 Å². The first kappa shape index (κ1) is 21.3. The molecule has 3 rings (SSSR count). The summed E-state index contributed by atoms with van der Waals surface area (Å²) in [6.45, 7) is 0.548. The van der Waals surface area contributed by atoms with Crippen molar-refractivity contribution in [3.63, 3.8) is 0 Å². The smallest absolute Gasteiger partial charge is 0.402 e. The molecule has 3 aromatic carbocycles. The topological polar surface area (TPSA) is 63.6 Å². The van der Waals surface area contributed by atoms with Crippen LogP contribution in [0.15, 0.2) is 93.5 Å². The van der Waals surface area contributed by atoms with Gasteiger partial charge in [-0.25, -0.2) is 0 Å². The summed E-state index contributed by atoms with van der Waals surface area (Å²) in [6.07, 6.45) is 0. The third-order valence-electron chi connectivity index (χ3n) is 4.08. The van der Waals surface area contributed by atoms with Crippen LogP contribution in [0, 0.1) is 6.92 Å². The van der Waals surface area contributed by atoms with Crippen molar-refractivity contribution < 1.29 is 26.5 Å². The Morgan fingerprint density at radius 1 is 0.862 bits per heavy atom. The summed E-state index contributed by atoms with van der Waals surface area (Å²) in [7, 11) is -5.93. The van der Waals surface area contributed by atoms with Gasteiger partial charge in [-0.1, -0.05) is 35.9 Å². The third kappa shape index (κ3) is 5.14. The molecule has 0 fully saturated rings. The molecule has 0 saturated heterocycles. The summed E-state index contributed by atoms with van der Waals surface area (Å²) in [5, 5.41) is -4.37. The van der Waals surface area contributed by atoms with Crippen molar-refractivity contribution in [2.24, 2.45) is 0 Å². The standard InChI is InChI=1S/C21H18F2O4S2/c1-16-7-11-19(12-8-16)28(18-5-3-2-4-6-18)20-13-9-17(10-14-20)27-15-21(22,23)29(24,25)26/h2-14H,15H2,1H3/p+1. The van der Waals surface area contributed by atoms with E-state index in [0.29, 0.717) is 0 Å². The lowest BCUT2D eigenvalue weighted by molar-refractivity contribution is 0.0288. The molecule has 29 heavy (non-hydrogen) atoms. The first-order valence-electron chi connectivity index (χ1n) is 8.61. The van der Waals surface area contributed by atoms with Gasteiger partial charge < -0.3 is 4.74 Å². The van der Waals surface area contributed by atoms with E-state index >= 15 is 0 Å². The number of benzene rings is 3. The minimum atomic E-state index is -5.53. The first-order chi connectivity index (χ1) is 13.7. The minimum absolute atomic E-state index is 0.0811. The van der Waals surface area contributed by atoms with Gasteiger partial charge in [0.2, 0.25) is 0 Å². The van der Waals surface area contributed by atoms with E-state index in [1.54, 1.807) is 12.1 Å². The minimum Gasteiger partial charge on any atom is -0.486 e. The Bertz CT molecular complexity index is 1050. The van der Waals surface area contributed by atoms with Crippen LogP contribution < -0.4 is 4.74 Å². The number of rotatable bonds is 7. The van der Waals surface area contributed by atoms with Crippen LogP contribution in [-0.2, 0) is 21.0 Å². The largest absolute Gasteiger partial charge is 0.486 e. The molecule has 0 radical (unpaired) electrons. The Morgan fingerprint density at radius 3 is 1.86 bits per heavy atom. The Labute approximate surface area is 171 Å². The Hall–Kier alpha value is -2.42. The van der Waals surface area contributed by atoms with Crippen LogP contribution in [0.2, 0.25) is 0 Å². The molecule has 0 aliphatic rings. The van der Waals surface area contributed by atoms with Crippen LogP contribution in [0.25, 0.3) is 0 Å². The van der Waals surface area contributed by atoms with Crippen LogP contribution >= 0.6 is 0 Å². The lowest BCUT2D eigenvalue weighted by Gasteiger charge is -2.14. The maximum absolute atomic E-state index is 13.3. The maximum Gasteiger partial charge on any atom is 0.402 e. The maximum atomic E-state index is 13.3. The fourth-order valence-corrected chi connectivity index (χ4v) is 4.82. The third-order valence-corrected chi connectivity index (χ3v) is 7.18. The Balaban J connectivity index is 1.87. The van der Waals surface area contributed by atoms with Gasteiger partial charge in [0, 0.05) is 0 Å². The second-order valence-corrected chi connectivity index (χ2v) is 9.88. The zero-order valence-electron chi connectivity index (χ0n) is 15.5. The van der Waals surface area contributed by atoms with E-state index in [4.69, 9.17) is 9.29 Å². The average molecular weight is 438 g/mol. The highest BCUT2D eigenvalue weighted by molar-refractivity contribution is 7.97. The lowest BCUT2D eigenvalue weighted by Crippen LogP contribution is -2.34. The molecular weight excluding hydrogens is 418 g/mol. The highest BCUT2D eigenvalue weighted by Crippen LogP contribution is 2.32. The van der Waals surface area contributed by atoms with E-state index in [9.17, 15) is 17.2 Å². The van der Waals surface area contributed by atoms with Crippen LogP contribution in [0.3, 0.4) is 0 Å². The van der Waals surface area contributed by atoms with Crippen LogP contribution in [-0.4, -0.2) is 24.8 Å². The van der Waals surface area contributed by atoms with E-state index in [1.807, 2.05) is 49.4 Å².